The highest BCUT2D eigenvalue weighted by atomic mass is 79.9. The quantitative estimate of drug-likeness (QED) is 0.691. The number of methoxy groups -OCH3 is 1. The summed E-state index contributed by atoms with van der Waals surface area (Å²) >= 11 is 3.40. The molecule has 0 bridgehead atoms. The van der Waals surface area contributed by atoms with E-state index in [4.69, 9.17) is 4.74 Å². The molecule has 0 spiro atoms. The predicted molar refractivity (Wildman–Crippen MR) is 110 cm³/mol. The van der Waals surface area contributed by atoms with E-state index in [1.165, 1.54) is 7.11 Å². The maximum Gasteiger partial charge on any atom is 0.255 e. The van der Waals surface area contributed by atoms with E-state index >= 15 is 0 Å². The van der Waals surface area contributed by atoms with Gasteiger partial charge in [0.25, 0.3) is 5.91 Å². The number of carbonyl (C=O) groups excluding carboxylic acids is 2. The third kappa shape index (κ3) is 5.57. The Bertz CT molecular complexity index is 790. The molecule has 2 rings (SSSR count). The molecule has 0 heterocycles. The van der Waals surface area contributed by atoms with Crippen molar-refractivity contribution in [3.8, 4) is 5.75 Å². The van der Waals surface area contributed by atoms with Gasteiger partial charge in [0.15, 0.2) is 0 Å². The van der Waals surface area contributed by atoms with Gasteiger partial charge in [0.2, 0.25) is 5.91 Å². The first-order chi connectivity index (χ1) is 12.8. The molecule has 0 saturated carbocycles. The van der Waals surface area contributed by atoms with Gasteiger partial charge in [-0.25, -0.2) is 0 Å². The van der Waals surface area contributed by atoms with Gasteiger partial charge in [0, 0.05) is 4.47 Å². The lowest BCUT2D eigenvalue weighted by atomic mass is 10.0. The van der Waals surface area contributed by atoms with E-state index < -0.39 is 6.04 Å². The summed E-state index contributed by atoms with van der Waals surface area (Å²) in [5, 5.41) is 5.82. The highest BCUT2D eigenvalue weighted by Gasteiger charge is 2.26. The zero-order valence-electron chi connectivity index (χ0n) is 16.0. The SMILES string of the molecule is COc1ccccc1C(=O)NC(C(=O)NC(C)c1ccc(Br)cc1)C(C)C. The number of benzene rings is 2. The topological polar surface area (TPSA) is 67.4 Å². The summed E-state index contributed by atoms with van der Waals surface area (Å²) in [5.74, 6) is -0.150. The third-order valence-corrected chi connectivity index (χ3v) is 4.84. The zero-order chi connectivity index (χ0) is 20.0. The first-order valence-electron chi connectivity index (χ1n) is 8.83. The fourth-order valence-corrected chi connectivity index (χ4v) is 2.99. The van der Waals surface area contributed by atoms with Crippen LogP contribution in [0.3, 0.4) is 0 Å². The van der Waals surface area contributed by atoms with Gasteiger partial charge in [-0.3, -0.25) is 9.59 Å². The van der Waals surface area contributed by atoms with E-state index in [-0.39, 0.29) is 23.8 Å². The fraction of sp³-hybridized carbons (Fsp3) is 0.333. The first-order valence-corrected chi connectivity index (χ1v) is 9.62. The first kappa shape index (κ1) is 21.0. The van der Waals surface area contributed by atoms with Crippen LogP contribution in [0.25, 0.3) is 0 Å². The van der Waals surface area contributed by atoms with E-state index in [1.807, 2.05) is 45.0 Å². The van der Waals surface area contributed by atoms with Crippen molar-refractivity contribution in [2.45, 2.75) is 32.9 Å². The minimum Gasteiger partial charge on any atom is -0.496 e. The van der Waals surface area contributed by atoms with Crippen LogP contribution in [0, 0.1) is 5.92 Å². The van der Waals surface area contributed by atoms with Crippen LogP contribution in [0.4, 0.5) is 0 Å². The van der Waals surface area contributed by atoms with E-state index in [2.05, 4.69) is 26.6 Å². The second-order valence-electron chi connectivity index (χ2n) is 6.68. The van der Waals surface area contributed by atoms with Crippen molar-refractivity contribution in [2.75, 3.05) is 7.11 Å². The maximum absolute atomic E-state index is 12.8. The van der Waals surface area contributed by atoms with Gasteiger partial charge in [-0.05, 0) is 42.7 Å². The minimum absolute atomic E-state index is 0.0687. The average Bonchev–Trinajstić information content (AvgIpc) is 2.65. The number of hydrogen-bond acceptors (Lipinski definition) is 3. The lowest BCUT2D eigenvalue weighted by molar-refractivity contribution is -0.124. The van der Waals surface area contributed by atoms with Crippen molar-refractivity contribution in [3.63, 3.8) is 0 Å². The largest absolute Gasteiger partial charge is 0.496 e. The molecule has 2 aromatic carbocycles. The second-order valence-corrected chi connectivity index (χ2v) is 7.59. The lowest BCUT2D eigenvalue weighted by Crippen LogP contribution is -2.50. The van der Waals surface area contributed by atoms with Crippen LogP contribution in [-0.2, 0) is 4.79 Å². The van der Waals surface area contributed by atoms with Crippen molar-refractivity contribution >= 4 is 27.7 Å². The smallest absolute Gasteiger partial charge is 0.255 e. The number of ether oxygens (including phenoxy) is 1. The number of rotatable bonds is 7. The zero-order valence-corrected chi connectivity index (χ0v) is 17.5. The number of amides is 2. The Morgan fingerprint density at radius 3 is 2.19 bits per heavy atom. The molecule has 0 aliphatic carbocycles. The van der Waals surface area contributed by atoms with Crippen molar-refractivity contribution in [3.05, 3.63) is 64.1 Å². The van der Waals surface area contributed by atoms with Gasteiger partial charge in [-0.1, -0.05) is 54.0 Å². The molecule has 2 atom stereocenters. The van der Waals surface area contributed by atoms with Crippen LogP contribution < -0.4 is 15.4 Å². The Balaban J connectivity index is 2.10. The number of carbonyl (C=O) groups is 2. The molecular weight excluding hydrogens is 408 g/mol. The van der Waals surface area contributed by atoms with Crippen molar-refractivity contribution < 1.29 is 14.3 Å². The maximum atomic E-state index is 12.8. The van der Waals surface area contributed by atoms with Crippen molar-refractivity contribution in [1.29, 1.82) is 0 Å². The summed E-state index contributed by atoms with van der Waals surface area (Å²) in [6.45, 7) is 5.72. The summed E-state index contributed by atoms with van der Waals surface area (Å²) < 4.78 is 6.22. The van der Waals surface area contributed by atoms with E-state index in [9.17, 15) is 9.59 Å². The summed E-state index contributed by atoms with van der Waals surface area (Å²) in [4.78, 5) is 25.5. The lowest BCUT2D eigenvalue weighted by Gasteiger charge is -2.24. The molecule has 27 heavy (non-hydrogen) atoms. The highest BCUT2D eigenvalue weighted by molar-refractivity contribution is 9.10. The molecule has 0 saturated heterocycles. The van der Waals surface area contributed by atoms with E-state index in [0.717, 1.165) is 10.0 Å². The summed E-state index contributed by atoms with van der Waals surface area (Å²) in [5.41, 5.74) is 1.39. The van der Waals surface area contributed by atoms with Crippen LogP contribution in [0.1, 0.15) is 42.7 Å². The molecule has 0 fully saturated rings. The number of hydrogen-bond donors (Lipinski definition) is 2. The Morgan fingerprint density at radius 1 is 0.963 bits per heavy atom. The number of nitrogens with one attached hydrogen (secondary N) is 2. The van der Waals surface area contributed by atoms with E-state index in [0.29, 0.717) is 11.3 Å². The standard InChI is InChI=1S/C21H25BrN2O3/c1-13(2)19(24-20(25)17-7-5-6-8-18(17)27-4)21(26)23-14(3)15-9-11-16(22)12-10-15/h5-14,19H,1-4H3,(H,23,26)(H,24,25). The summed E-state index contributed by atoms with van der Waals surface area (Å²) in [6, 6.07) is 13.9. The molecule has 144 valence electrons. The van der Waals surface area contributed by atoms with Gasteiger partial charge < -0.3 is 15.4 Å². The Kier molecular flexibility index (Phi) is 7.42. The van der Waals surface area contributed by atoms with Crippen LogP contribution in [0.2, 0.25) is 0 Å². The molecule has 2 N–H and O–H groups in total. The van der Waals surface area contributed by atoms with Gasteiger partial charge in [-0.2, -0.15) is 0 Å². The van der Waals surface area contributed by atoms with Gasteiger partial charge >= 0.3 is 0 Å². The second kappa shape index (κ2) is 9.55. The molecule has 0 aromatic heterocycles. The average molecular weight is 433 g/mol. The summed E-state index contributed by atoms with van der Waals surface area (Å²) in [7, 11) is 1.51. The Hall–Kier alpha value is -2.34. The van der Waals surface area contributed by atoms with E-state index in [1.54, 1.807) is 24.3 Å². The Labute approximate surface area is 168 Å². The minimum atomic E-state index is -0.652. The molecule has 6 heteroatoms. The normalized spacial score (nSPS) is 13.0. The predicted octanol–water partition coefficient (Wildman–Crippen LogP) is 4.09. The van der Waals surface area contributed by atoms with Gasteiger partial charge in [-0.15, -0.1) is 0 Å². The van der Waals surface area contributed by atoms with Gasteiger partial charge in [0.05, 0.1) is 18.7 Å². The molecule has 5 nitrogen and oxygen atoms in total. The molecule has 0 aliphatic heterocycles. The molecule has 0 aliphatic rings. The molecule has 0 radical (unpaired) electrons. The van der Waals surface area contributed by atoms with Crippen LogP contribution in [-0.4, -0.2) is 25.0 Å². The fourth-order valence-electron chi connectivity index (χ4n) is 2.72. The van der Waals surface area contributed by atoms with Crippen LogP contribution in [0.15, 0.2) is 53.0 Å². The Morgan fingerprint density at radius 2 is 1.59 bits per heavy atom. The third-order valence-electron chi connectivity index (χ3n) is 4.32. The summed E-state index contributed by atoms with van der Waals surface area (Å²) in [6.07, 6.45) is 0. The number of halogens is 1. The van der Waals surface area contributed by atoms with Crippen LogP contribution in [0.5, 0.6) is 5.75 Å². The molecule has 2 amide bonds. The molecule has 2 unspecified atom stereocenters. The van der Waals surface area contributed by atoms with Crippen LogP contribution >= 0.6 is 15.9 Å². The highest BCUT2D eigenvalue weighted by Crippen LogP contribution is 2.19. The monoisotopic (exact) mass is 432 g/mol. The number of para-hydroxylation sites is 1. The van der Waals surface area contributed by atoms with Crippen molar-refractivity contribution in [2.24, 2.45) is 5.92 Å². The molecule has 2 aromatic rings. The molecular formula is C21H25BrN2O3. The van der Waals surface area contributed by atoms with Gasteiger partial charge in [0.1, 0.15) is 11.8 Å². The van der Waals surface area contributed by atoms with Crippen molar-refractivity contribution in [1.82, 2.24) is 10.6 Å².